The minimum Gasteiger partial charge on any atom is -0.417 e. The van der Waals surface area contributed by atoms with Gasteiger partial charge in [-0.2, -0.15) is 0 Å². The van der Waals surface area contributed by atoms with Crippen molar-refractivity contribution in [3.05, 3.63) is 51.3 Å². The largest absolute Gasteiger partial charge is 0.417 e. The molecule has 0 aliphatic heterocycles. The number of carbonyl (C=O) groups excluding carboxylic acids is 2. The molecule has 0 aromatic carbocycles. The Hall–Kier alpha value is -2.21. The molecule has 0 atom stereocenters. The number of pyridine rings is 2. The zero-order valence-electron chi connectivity index (χ0n) is 22.4. The second-order valence-corrected chi connectivity index (χ2v) is 16.3. The summed E-state index contributed by atoms with van der Waals surface area (Å²) in [5, 5.41) is 3.40. The summed E-state index contributed by atoms with van der Waals surface area (Å²) in [4.78, 5) is 32.9. The molecule has 13 heteroatoms. The first-order valence-electron chi connectivity index (χ1n) is 12.0. The first-order chi connectivity index (χ1) is 17.3. The van der Waals surface area contributed by atoms with Crippen molar-refractivity contribution >= 4 is 49.1 Å². The first-order valence-corrected chi connectivity index (χ1v) is 15.6. The highest BCUT2D eigenvalue weighted by Gasteiger charge is 2.38. The Morgan fingerprint density at radius 3 is 2.37 bits per heavy atom. The molecule has 0 radical (unpaired) electrons. The second kappa shape index (κ2) is 12.3. The van der Waals surface area contributed by atoms with Gasteiger partial charge in [0.25, 0.3) is 11.8 Å². The number of halogens is 5. The van der Waals surface area contributed by atoms with Crippen molar-refractivity contribution in [2.45, 2.75) is 77.4 Å². The molecular formula is C25H33Cl2F3N4O3Si. The van der Waals surface area contributed by atoms with Gasteiger partial charge in [-0.1, -0.05) is 57.8 Å². The van der Waals surface area contributed by atoms with E-state index in [1.165, 1.54) is 12.3 Å². The topological polar surface area (TPSA) is 93.2 Å². The molecule has 38 heavy (non-hydrogen) atoms. The van der Waals surface area contributed by atoms with Crippen molar-refractivity contribution in [2.24, 2.45) is 0 Å². The van der Waals surface area contributed by atoms with Gasteiger partial charge in [-0.05, 0) is 41.7 Å². The zero-order valence-corrected chi connectivity index (χ0v) is 25.0. The number of anilines is 1. The van der Waals surface area contributed by atoms with Gasteiger partial charge in [0.05, 0.1) is 16.9 Å². The number of urea groups is 1. The van der Waals surface area contributed by atoms with E-state index in [2.05, 4.69) is 15.3 Å². The summed E-state index contributed by atoms with van der Waals surface area (Å²) in [5.41, 5.74) is 0.133. The van der Waals surface area contributed by atoms with Crippen LogP contribution < -0.4 is 10.6 Å². The van der Waals surface area contributed by atoms with Gasteiger partial charge in [0.15, 0.2) is 19.3 Å². The van der Waals surface area contributed by atoms with E-state index in [0.717, 1.165) is 6.07 Å². The van der Waals surface area contributed by atoms with Gasteiger partial charge in [-0.15, -0.1) is 0 Å². The van der Waals surface area contributed by atoms with Crippen LogP contribution in [0.3, 0.4) is 0 Å². The summed E-state index contributed by atoms with van der Waals surface area (Å²) in [6, 6.07) is 1.09. The van der Waals surface area contributed by atoms with E-state index >= 15 is 8.78 Å². The predicted molar refractivity (Wildman–Crippen MR) is 145 cm³/mol. The van der Waals surface area contributed by atoms with Crippen LogP contribution in [0.15, 0.2) is 18.3 Å². The Bertz CT molecular complexity index is 1190. The van der Waals surface area contributed by atoms with Crippen LogP contribution in [0.25, 0.3) is 0 Å². The van der Waals surface area contributed by atoms with E-state index in [4.69, 9.17) is 27.6 Å². The average Bonchev–Trinajstić information content (AvgIpc) is 2.75. The minimum absolute atomic E-state index is 0.0595. The lowest BCUT2D eigenvalue weighted by molar-refractivity contribution is -0.0191. The van der Waals surface area contributed by atoms with Gasteiger partial charge in [-0.3, -0.25) is 15.1 Å². The van der Waals surface area contributed by atoms with Crippen LogP contribution in [-0.2, 0) is 10.8 Å². The minimum atomic E-state index is -3.14. The maximum absolute atomic E-state index is 15.0. The van der Waals surface area contributed by atoms with Crippen LogP contribution in [0.1, 0.15) is 68.6 Å². The van der Waals surface area contributed by atoms with Crippen LogP contribution in [0.4, 0.5) is 23.7 Å². The molecule has 0 saturated carbocycles. The number of alkyl halides is 2. The highest BCUT2D eigenvalue weighted by atomic mass is 35.5. The first kappa shape index (κ1) is 32.0. The van der Waals surface area contributed by atoms with Gasteiger partial charge in [0.2, 0.25) is 0 Å². The third-order valence-corrected chi connectivity index (χ3v) is 11.5. The fourth-order valence-corrected chi connectivity index (χ4v) is 4.66. The Labute approximate surface area is 232 Å². The van der Waals surface area contributed by atoms with Crippen molar-refractivity contribution in [3.8, 4) is 0 Å². The monoisotopic (exact) mass is 592 g/mol. The lowest BCUT2D eigenvalue weighted by Gasteiger charge is -2.36. The van der Waals surface area contributed by atoms with Crippen LogP contribution in [0, 0.1) is 5.82 Å². The van der Waals surface area contributed by atoms with Gasteiger partial charge in [0.1, 0.15) is 5.15 Å². The number of amides is 3. The van der Waals surface area contributed by atoms with Crippen molar-refractivity contribution in [3.63, 3.8) is 0 Å². The lowest BCUT2D eigenvalue weighted by atomic mass is 9.99. The number of nitrogens with one attached hydrogen (secondary N) is 2. The maximum Gasteiger partial charge on any atom is 0.326 e. The molecule has 0 aliphatic rings. The van der Waals surface area contributed by atoms with E-state index in [9.17, 15) is 14.0 Å². The molecule has 7 nitrogen and oxygen atoms in total. The molecule has 2 N–H and O–H groups in total. The number of aromatic nitrogens is 2. The van der Waals surface area contributed by atoms with E-state index in [-0.39, 0.29) is 28.8 Å². The summed E-state index contributed by atoms with van der Waals surface area (Å²) in [6.45, 7) is 13.5. The van der Waals surface area contributed by atoms with Crippen LogP contribution in [0.2, 0.25) is 28.4 Å². The van der Waals surface area contributed by atoms with Crippen molar-refractivity contribution in [1.82, 2.24) is 15.3 Å². The van der Waals surface area contributed by atoms with Crippen molar-refractivity contribution in [1.29, 1.82) is 0 Å². The molecule has 3 amide bonds. The van der Waals surface area contributed by atoms with E-state index in [1.54, 1.807) is 13.8 Å². The molecule has 2 rings (SSSR count). The molecule has 2 aromatic heterocycles. The standard InChI is InChI=1S/C25H33Cl2F3N4O3Si/c1-14(2)18-19(32-23(36)34-22(35)16-12-17(28)21(27)33-20(16)26)15(8-10-31-18)13-25(29,30)9-11-37-38(6,7)24(3,4)5/h8,10,12,14H,9,11,13H2,1-7H3,(H2,32,34,35,36). The molecule has 2 heterocycles. The van der Waals surface area contributed by atoms with E-state index in [0.29, 0.717) is 5.69 Å². The van der Waals surface area contributed by atoms with Crippen LogP contribution in [0.5, 0.6) is 0 Å². The molecule has 2 aromatic rings. The van der Waals surface area contributed by atoms with Gasteiger partial charge < -0.3 is 9.74 Å². The quantitative estimate of drug-likeness (QED) is 0.231. The maximum atomic E-state index is 15.0. The number of hydrogen-bond donors (Lipinski definition) is 2. The third kappa shape index (κ3) is 8.39. The van der Waals surface area contributed by atoms with Gasteiger partial charge in [0, 0.05) is 25.6 Å². The number of hydrogen-bond acceptors (Lipinski definition) is 5. The van der Waals surface area contributed by atoms with Gasteiger partial charge >= 0.3 is 6.03 Å². The molecular weight excluding hydrogens is 560 g/mol. The van der Waals surface area contributed by atoms with Crippen LogP contribution in [-0.4, -0.2) is 42.8 Å². The SMILES string of the molecule is CC(C)c1nccc(CC(F)(F)CCO[Si](C)(C)C(C)(C)C)c1NC(=O)NC(=O)c1cc(F)c(Cl)nc1Cl. The number of carbonyl (C=O) groups is 2. The van der Waals surface area contributed by atoms with Crippen molar-refractivity contribution < 1.29 is 27.2 Å². The molecule has 0 bridgehead atoms. The van der Waals surface area contributed by atoms with E-state index in [1.807, 2.05) is 39.2 Å². The number of imide groups is 1. The fourth-order valence-electron chi connectivity index (χ4n) is 3.21. The Morgan fingerprint density at radius 1 is 1.16 bits per heavy atom. The molecule has 210 valence electrons. The average molecular weight is 594 g/mol. The summed E-state index contributed by atoms with van der Waals surface area (Å²) in [5.74, 6) is -5.43. The number of rotatable bonds is 9. The summed E-state index contributed by atoms with van der Waals surface area (Å²) < 4.78 is 49.7. The highest BCUT2D eigenvalue weighted by Crippen LogP contribution is 2.38. The van der Waals surface area contributed by atoms with Gasteiger partial charge in [-0.25, -0.2) is 22.9 Å². The lowest BCUT2D eigenvalue weighted by Crippen LogP contribution is -2.41. The Kier molecular flexibility index (Phi) is 10.4. The summed E-state index contributed by atoms with van der Waals surface area (Å²) in [6.07, 6.45) is 0.206. The highest BCUT2D eigenvalue weighted by molar-refractivity contribution is 6.74. The normalized spacial score (nSPS) is 12.6. The van der Waals surface area contributed by atoms with Crippen molar-refractivity contribution in [2.75, 3.05) is 11.9 Å². The molecule has 0 unspecified atom stereocenters. The third-order valence-electron chi connectivity index (χ3n) is 6.40. The molecule has 0 fully saturated rings. The smallest absolute Gasteiger partial charge is 0.326 e. The Morgan fingerprint density at radius 2 is 1.79 bits per heavy atom. The number of nitrogens with zero attached hydrogens (tertiary/aromatic N) is 2. The molecule has 0 aliphatic carbocycles. The van der Waals surface area contributed by atoms with E-state index < -0.39 is 60.7 Å². The zero-order chi connectivity index (χ0) is 29.1. The van der Waals surface area contributed by atoms with Crippen LogP contribution >= 0.6 is 23.2 Å². The summed E-state index contributed by atoms with van der Waals surface area (Å²) in [7, 11) is -2.19. The predicted octanol–water partition coefficient (Wildman–Crippen LogP) is 7.60. The second-order valence-electron chi connectivity index (χ2n) is 10.8. The fraction of sp³-hybridized carbons (Fsp3) is 0.520. The Balaban J connectivity index is 2.22. The molecule has 0 saturated heterocycles. The summed E-state index contributed by atoms with van der Waals surface area (Å²) >= 11 is 11.4. The molecule has 0 spiro atoms.